The fourth-order valence-electron chi connectivity index (χ4n) is 5.27. The Morgan fingerprint density at radius 3 is 2.52 bits per heavy atom. The van der Waals surface area contributed by atoms with E-state index in [0.29, 0.717) is 18.0 Å². The Bertz CT molecular complexity index is 1230. The van der Waals surface area contributed by atoms with E-state index in [4.69, 9.17) is 0 Å². The van der Waals surface area contributed by atoms with Crippen molar-refractivity contribution in [1.82, 2.24) is 9.78 Å². The van der Waals surface area contributed by atoms with Crippen molar-refractivity contribution in [2.45, 2.75) is 50.4 Å². The van der Waals surface area contributed by atoms with Crippen LogP contribution in [0.5, 0.6) is 0 Å². The lowest BCUT2D eigenvalue weighted by Crippen LogP contribution is -2.41. The molecular formula is C25H23F3N2O3. The van der Waals surface area contributed by atoms with Crippen LogP contribution in [0, 0.1) is 5.92 Å². The smallest absolute Gasteiger partial charge is 0.425 e. The van der Waals surface area contributed by atoms with E-state index in [2.05, 4.69) is 5.10 Å². The van der Waals surface area contributed by atoms with Crippen LogP contribution in [0.25, 0.3) is 22.3 Å². The minimum atomic E-state index is -5.03. The number of carboxylic acids is 1. The summed E-state index contributed by atoms with van der Waals surface area (Å²) in [5, 5.41) is 25.2. The fourth-order valence-corrected chi connectivity index (χ4v) is 5.27. The molecule has 172 valence electrons. The average Bonchev–Trinajstić information content (AvgIpc) is 3.35. The molecule has 5 rings (SSSR count). The lowest BCUT2D eigenvalue weighted by molar-refractivity contribution is -0.246. The SMILES string of the molecule is O=C(O)c1cc(-c2cnn(CC3CCCCC3)c2)cc2c1-c1ccccc1C2(O)C(F)(F)F. The van der Waals surface area contributed by atoms with Gasteiger partial charge in [0.25, 0.3) is 0 Å². The van der Waals surface area contributed by atoms with Gasteiger partial charge in [-0.1, -0.05) is 43.5 Å². The van der Waals surface area contributed by atoms with Crippen LogP contribution in [0.1, 0.15) is 53.6 Å². The van der Waals surface area contributed by atoms with Gasteiger partial charge in [0.05, 0.1) is 11.8 Å². The van der Waals surface area contributed by atoms with Gasteiger partial charge >= 0.3 is 12.1 Å². The first-order valence-electron chi connectivity index (χ1n) is 11.0. The summed E-state index contributed by atoms with van der Waals surface area (Å²) in [4.78, 5) is 12.1. The molecule has 1 fully saturated rings. The molecule has 1 unspecified atom stereocenters. The summed E-state index contributed by atoms with van der Waals surface area (Å²) in [6, 6.07) is 8.14. The van der Waals surface area contributed by atoms with Gasteiger partial charge in [0, 0.05) is 35.0 Å². The maximum absolute atomic E-state index is 14.2. The van der Waals surface area contributed by atoms with Gasteiger partial charge in [-0.25, -0.2) is 4.79 Å². The first kappa shape index (κ1) is 21.7. The van der Waals surface area contributed by atoms with E-state index < -0.39 is 23.3 Å². The standard InChI is InChI=1S/C25H23F3N2O3/c26-25(27,28)24(33)20-9-5-4-8-18(20)22-19(23(31)32)10-16(11-21(22)24)17-12-29-30(14-17)13-15-6-2-1-3-7-15/h4-5,8-12,14-15,33H,1-3,6-7,13H2,(H,31,32). The lowest BCUT2D eigenvalue weighted by Gasteiger charge is -2.28. The Morgan fingerprint density at radius 2 is 1.82 bits per heavy atom. The molecule has 8 heteroatoms. The van der Waals surface area contributed by atoms with Crippen molar-refractivity contribution in [2.75, 3.05) is 0 Å². The number of aromatic nitrogens is 2. The fraction of sp³-hybridized carbons (Fsp3) is 0.360. The minimum absolute atomic E-state index is 0.0734. The molecule has 0 amide bonds. The van der Waals surface area contributed by atoms with Crippen molar-refractivity contribution < 1.29 is 28.2 Å². The van der Waals surface area contributed by atoms with Gasteiger partial charge in [-0.2, -0.15) is 18.3 Å². The van der Waals surface area contributed by atoms with Crippen LogP contribution in [-0.4, -0.2) is 32.1 Å². The average molecular weight is 456 g/mol. The molecule has 0 spiro atoms. The number of halogens is 3. The molecule has 3 aromatic rings. The highest BCUT2D eigenvalue weighted by atomic mass is 19.4. The molecule has 2 N–H and O–H groups in total. The third-order valence-electron chi connectivity index (χ3n) is 6.89. The van der Waals surface area contributed by atoms with E-state index >= 15 is 0 Å². The monoisotopic (exact) mass is 456 g/mol. The van der Waals surface area contributed by atoms with Gasteiger partial charge in [-0.15, -0.1) is 0 Å². The summed E-state index contributed by atoms with van der Waals surface area (Å²) < 4.78 is 44.4. The van der Waals surface area contributed by atoms with Crippen LogP contribution in [0.15, 0.2) is 48.8 Å². The molecule has 0 aliphatic heterocycles. The highest BCUT2D eigenvalue weighted by molar-refractivity contribution is 6.01. The predicted molar refractivity (Wildman–Crippen MR) is 116 cm³/mol. The molecule has 5 nitrogen and oxygen atoms in total. The summed E-state index contributed by atoms with van der Waals surface area (Å²) in [7, 11) is 0. The zero-order valence-corrected chi connectivity index (χ0v) is 17.8. The second kappa shape index (κ2) is 7.73. The molecule has 1 saturated carbocycles. The number of aromatic carboxylic acids is 1. The van der Waals surface area contributed by atoms with E-state index in [9.17, 15) is 28.2 Å². The summed E-state index contributed by atoms with van der Waals surface area (Å²) >= 11 is 0. The predicted octanol–water partition coefficient (Wildman–Crippen LogP) is 5.61. The van der Waals surface area contributed by atoms with Crippen molar-refractivity contribution in [2.24, 2.45) is 5.92 Å². The van der Waals surface area contributed by atoms with Gasteiger partial charge < -0.3 is 10.2 Å². The molecule has 33 heavy (non-hydrogen) atoms. The van der Waals surface area contributed by atoms with Gasteiger partial charge in [-0.3, -0.25) is 4.68 Å². The van der Waals surface area contributed by atoms with E-state index in [1.165, 1.54) is 61.9 Å². The van der Waals surface area contributed by atoms with Crippen LogP contribution < -0.4 is 0 Å². The Labute approximate surface area is 188 Å². The second-order valence-electron chi connectivity index (χ2n) is 8.96. The van der Waals surface area contributed by atoms with E-state index in [1.54, 1.807) is 10.9 Å². The zero-order valence-electron chi connectivity index (χ0n) is 17.8. The number of aliphatic hydroxyl groups is 1. The van der Waals surface area contributed by atoms with Crippen LogP contribution in [0.2, 0.25) is 0 Å². The van der Waals surface area contributed by atoms with Gasteiger partial charge in [0.2, 0.25) is 5.60 Å². The van der Waals surface area contributed by atoms with E-state index in [-0.39, 0.29) is 27.8 Å². The van der Waals surface area contributed by atoms with Crippen LogP contribution in [-0.2, 0) is 12.1 Å². The number of fused-ring (bicyclic) bond motifs is 3. The largest absolute Gasteiger partial charge is 0.478 e. The van der Waals surface area contributed by atoms with Crippen molar-refractivity contribution >= 4 is 5.97 Å². The van der Waals surface area contributed by atoms with Crippen LogP contribution >= 0.6 is 0 Å². The minimum Gasteiger partial charge on any atom is -0.478 e. The molecule has 1 aromatic heterocycles. The number of carbonyl (C=O) groups is 1. The van der Waals surface area contributed by atoms with Crippen molar-refractivity contribution in [1.29, 1.82) is 0 Å². The third-order valence-corrected chi connectivity index (χ3v) is 6.89. The third kappa shape index (κ3) is 3.44. The molecule has 1 heterocycles. The van der Waals surface area contributed by atoms with Crippen LogP contribution in [0.4, 0.5) is 13.2 Å². The molecule has 2 aliphatic carbocycles. The molecule has 2 aromatic carbocycles. The molecule has 1 atom stereocenters. The topological polar surface area (TPSA) is 75.3 Å². The number of carboxylic acid groups (broad SMARTS) is 1. The maximum atomic E-state index is 14.2. The Kier molecular flexibility index (Phi) is 5.08. The van der Waals surface area contributed by atoms with E-state index in [0.717, 1.165) is 12.8 Å². The number of hydrogen-bond donors (Lipinski definition) is 2. The van der Waals surface area contributed by atoms with Crippen LogP contribution in [0.3, 0.4) is 0 Å². The molecule has 0 saturated heterocycles. The maximum Gasteiger partial charge on any atom is 0.425 e. The number of alkyl halides is 3. The Balaban J connectivity index is 1.63. The van der Waals surface area contributed by atoms with Gasteiger partial charge in [-0.05, 0) is 42.0 Å². The summed E-state index contributed by atoms with van der Waals surface area (Å²) in [6.45, 7) is 0.717. The van der Waals surface area contributed by atoms with Gasteiger partial charge in [0.15, 0.2) is 0 Å². The Hall–Kier alpha value is -3.13. The Morgan fingerprint density at radius 1 is 1.09 bits per heavy atom. The van der Waals surface area contributed by atoms with E-state index in [1.807, 2.05) is 0 Å². The molecule has 2 aliphatic rings. The highest BCUT2D eigenvalue weighted by Crippen LogP contribution is 2.56. The molecular weight excluding hydrogens is 433 g/mol. The van der Waals surface area contributed by atoms with Crippen molar-refractivity contribution in [3.05, 3.63) is 65.5 Å². The first-order valence-corrected chi connectivity index (χ1v) is 11.0. The van der Waals surface area contributed by atoms with Crippen molar-refractivity contribution in [3.63, 3.8) is 0 Å². The molecule has 0 bridgehead atoms. The summed E-state index contributed by atoms with van der Waals surface area (Å²) in [5.41, 5.74) is -3.65. The molecule has 0 radical (unpaired) electrons. The first-order chi connectivity index (χ1) is 15.7. The second-order valence-corrected chi connectivity index (χ2v) is 8.96. The van der Waals surface area contributed by atoms with Crippen molar-refractivity contribution in [3.8, 4) is 22.3 Å². The zero-order chi connectivity index (χ0) is 23.4. The quantitative estimate of drug-likeness (QED) is 0.535. The lowest BCUT2D eigenvalue weighted by atomic mass is 9.88. The highest BCUT2D eigenvalue weighted by Gasteiger charge is 2.61. The number of nitrogens with zero attached hydrogens (tertiary/aromatic N) is 2. The summed E-state index contributed by atoms with van der Waals surface area (Å²) in [6.07, 6.45) is 4.07. The normalized spacial score (nSPS) is 20.5. The van der Waals surface area contributed by atoms with Gasteiger partial charge in [0.1, 0.15) is 0 Å². The number of benzene rings is 2. The number of rotatable bonds is 4. The number of hydrogen-bond acceptors (Lipinski definition) is 3. The summed E-state index contributed by atoms with van der Waals surface area (Å²) in [5.74, 6) is -0.852.